The van der Waals surface area contributed by atoms with Crippen LogP contribution in [0.2, 0.25) is 0 Å². The highest BCUT2D eigenvalue weighted by atomic mass is 79.9. The molecule has 0 aromatic heterocycles. The summed E-state index contributed by atoms with van der Waals surface area (Å²) in [6.45, 7) is -0.398. The lowest BCUT2D eigenvalue weighted by Crippen LogP contribution is -2.46. The molecule has 6 nitrogen and oxygen atoms in total. The molecule has 0 unspecified atom stereocenters. The van der Waals surface area contributed by atoms with Crippen LogP contribution in [0.15, 0.2) is 22.7 Å². The van der Waals surface area contributed by atoms with E-state index in [4.69, 9.17) is 9.84 Å². The molecule has 1 aliphatic heterocycles. The Balaban J connectivity index is 2.48. The standard InChI is InChI=1S/C11H8BrNO5/c12-7-2-1-6(11(16)17)3-8(7)13-9(14)4-18-5-10(13)15/h1-3H,4-5H2,(H,16,17). The van der Waals surface area contributed by atoms with Crippen molar-refractivity contribution in [2.24, 2.45) is 0 Å². The summed E-state index contributed by atoms with van der Waals surface area (Å²) in [4.78, 5) is 35.1. The summed E-state index contributed by atoms with van der Waals surface area (Å²) in [5.74, 6) is -2.17. The molecule has 1 aliphatic rings. The maximum absolute atomic E-state index is 11.7. The van der Waals surface area contributed by atoms with Gasteiger partial charge in [-0.2, -0.15) is 0 Å². The molecule has 0 bridgehead atoms. The molecule has 0 spiro atoms. The molecule has 0 aliphatic carbocycles. The van der Waals surface area contributed by atoms with Gasteiger partial charge in [-0.15, -0.1) is 0 Å². The van der Waals surface area contributed by atoms with Crippen LogP contribution >= 0.6 is 15.9 Å². The number of morpholine rings is 1. The summed E-state index contributed by atoms with van der Waals surface area (Å²) >= 11 is 3.19. The van der Waals surface area contributed by atoms with Gasteiger partial charge in [0.05, 0.1) is 11.3 Å². The second kappa shape index (κ2) is 4.87. The summed E-state index contributed by atoms with van der Waals surface area (Å²) < 4.78 is 5.26. The Hall–Kier alpha value is -1.73. The van der Waals surface area contributed by atoms with Crippen molar-refractivity contribution < 1.29 is 24.2 Å². The van der Waals surface area contributed by atoms with Crippen molar-refractivity contribution in [3.63, 3.8) is 0 Å². The number of amides is 2. The summed E-state index contributed by atoms with van der Waals surface area (Å²) in [6.07, 6.45) is 0. The largest absolute Gasteiger partial charge is 0.478 e. The molecule has 2 amide bonds. The molecule has 1 N–H and O–H groups in total. The zero-order chi connectivity index (χ0) is 13.3. The molecule has 1 saturated heterocycles. The van der Waals surface area contributed by atoms with Crippen LogP contribution in [0.1, 0.15) is 10.4 Å². The molecule has 18 heavy (non-hydrogen) atoms. The third-order valence-corrected chi connectivity index (χ3v) is 3.05. The topological polar surface area (TPSA) is 83.9 Å². The molecule has 0 saturated carbocycles. The minimum Gasteiger partial charge on any atom is -0.478 e. The van der Waals surface area contributed by atoms with Crippen LogP contribution < -0.4 is 4.90 Å². The Morgan fingerprint density at radius 2 is 1.89 bits per heavy atom. The predicted molar refractivity (Wildman–Crippen MR) is 64.4 cm³/mol. The van der Waals surface area contributed by atoms with Gasteiger partial charge in [-0.05, 0) is 34.1 Å². The monoisotopic (exact) mass is 313 g/mol. The fraction of sp³-hybridized carbons (Fsp3) is 0.182. The number of benzene rings is 1. The molecule has 1 aromatic carbocycles. The molecule has 1 fully saturated rings. The molecule has 2 rings (SSSR count). The lowest BCUT2D eigenvalue weighted by molar-refractivity contribution is -0.138. The second-order valence-corrected chi connectivity index (χ2v) is 4.44. The van der Waals surface area contributed by atoms with E-state index in [1.165, 1.54) is 18.2 Å². The Morgan fingerprint density at radius 3 is 2.44 bits per heavy atom. The fourth-order valence-corrected chi connectivity index (χ4v) is 2.00. The lowest BCUT2D eigenvalue weighted by Gasteiger charge is -2.25. The Kier molecular flexibility index (Phi) is 3.44. The second-order valence-electron chi connectivity index (χ2n) is 3.59. The van der Waals surface area contributed by atoms with E-state index in [1.54, 1.807) is 0 Å². The van der Waals surface area contributed by atoms with Crippen molar-refractivity contribution in [3.8, 4) is 0 Å². The number of rotatable bonds is 2. The molecule has 1 aromatic rings. The van der Waals surface area contributed by atoms with Gasteiger partial charge < -0.3 is 9.84 Å². The van der Waals surface area contributed by atoms with Gasteiger partial charge >= 0.3 is 5.97 Å². The maximum Gasteiger partial charge on any atom is 0.335 e. The zero-order valence-electron chi connectivity index (χ0n) is 9.05. The number of carboxylic acid groups (broad SMARTS) is 1. The van der Waals surface area contributed by atoms with Crippen LogP contribution in [-0.4, -0.2) is 36.1 Å². The van der Waals surface area contributed by atoms with Crippen LogP contribution in [0.5, 0.6) is 0 Å². The van der Waals surface area contributed by atoms with Gasteiger partial charge in [0.1, 0.15) is 13.2 Å². The predicted octanol–water partition coefficient (Wildman–Crippen LogP) is 1.04. The van der Waals surface area contributed by atoms with Crippen LogP contribution in [0.3, 0.4) is 0 Å². The van der Waals surface area contributed by atoms with Gasteiger partial charge in [0, 0.05) is 4.47 Å². The molecule has 0 radical (unpaired) electrons. The first-order valence-corrected chi connectivity index (χ1v) is 5.76. The Bertz CT molecular complexity index is 526. The average Bonchev–Trinajstić information content (AvgIpc) is 2.30. The highest BCUT2D eigenvalue weighted by Gasteiger charge is 2.30. The van der Waals surface area contributed by atoms with E-state index < -0.39 is 17.8 Å². The van der Waals surface area contributed by atoms with E-state index in [0.717, 1.165) is 4.90 Å². The lowest BCUT2D eigenvalue weighted by atomic mass is 10.2. The molecule has 7 heteroatoms. The van der Waals surface area contributed by atoms with Crippen LogP contribution in [0.25, 0.3) is 0 Å². The highest BCUT2D eigenvalue weighted by Crippen LogP contribution is 2.29. The number of hydrogen-bond acceptors (Lipinski definition) is 4. The van der Waals surface area contributed by atoms with Crippen LogP contribution in [-0.2, 0) is 14.3 Å². The minimum absolute atomic E-state index is 0.000270. The number of ether oxygens (including phenoxy) is 1. The average molecular weight is 314 g/mol. The number of carbonyl (C=O) groups is 3. The van der Waals surface area contributed by atoms with Crippen LogP contribution in [0.4, 0.5) is 5.69 Å². The summed E-state index contributed by atoms with van der Waals surface area (Å²) in [5.41, 5.74) is 0.216. The number of carboxylic acids is 1. The van der Waals surface area contributed by atoms with E-state index in [2.05, 4.69) is 15.9 Å². The number of anilines is 1. The van der Waals surface area contributed by atoms with E-state index in [-0.39, 0.29) is 24.5 Å². The summed E-state index contributed by atoms with van der Waals surface area (Å²) in [7, 11) is 0. The maximum atomic E-state index is 11.7. The Morgan fingerprint density at radius 1 is 1.28 bits per heavy atom. The summed E-state index contributed by atoms with van der Waals surface area (Å²) in [5, 5.41) is 8.90. The van der Waals surface area contributed by atoms with Gasteiger partial charge in [-0.25, -0.2) is 9.69 Å². The van der Waals surface area contributed by atoms with E-state index in [9.17, 15) is 14.4 Å². The molecule has 0 atom stereocenters. The smallest absolute Gasteiger partial charge is 0.335 e. The molecular formula is C11H8BrNO5. The van der Waals surface area contributed by atoms with Crippen molar-refractivity contribution in [2.45, 2.75) is 0 Å². The first-order chi connectivity index (χ1) is 8.50. The van der Waals surface area contributed by atoms with Crippen molar-refractivity contribution in [2.75, 3.05) is 18.1 Å². The number of imide groups is 1. The van der Waals surface area contributed by atoms with E-state index in [1.807, 2.05) is 0 Å². The quantitative estimate of drug-likeness (QED) is 0.825. The third kappa shape index (κ3) is 2.27. The normalized spacial score (nSPS) is 15.9. The van der Waals surface area contributed by atoms with Crippen molar-refractivity contribution >= 4 is 39.4 Å². The third-order valence-electron chi connectivity index (χ3n) is 2.38. The number of halogens is 1. The van der Waals surface area contributed by atoms with Gasteiger partial charge in [0.15, 0.2) is 0 Å². The first-order valence-electron chi connectivity index (χ1n) is 4.97. The Labute approximate surface area is 110 Å². The van der Waals surface area contributed by atoms with Crippen molar-refractivity contribution in [3.05, 3.63) is 28.2 Å². The summed E-state index contributed by atoms with van der Waals surface area (Å²) in [6, 6.07) is 4.13. The van der Waals surface area contributed by atoms with Gasteiger partial charge in [-0.1, -0.05) is 0 Å². The fourth-order valence-electron chi connectivity index (χ4n) is 1.58. The van der Waals surface area contributed by atoms with Crippen molar-refractivity contribution in [1.82, 2.24) is 0 Å². The number of aromatic carboxylic acids is 1. The number of nitrogens with zero attached hydrogens (tertiary/aromatic N) is 1. The van der Waals surface area contributed by atoms with Crippen LogP contribution in [0, 0.1) is 0 Å². The van der Waals surface area contributed by atoms with Gasteiger partial charge in [0.25, 0.3) is 11.8 Å². The SMILES string of the molecule is O=C(O)c1ccc(Br)c(N2C(=O)COCC2=O)c1. The van der Waals surface area contributed by atoms with Gasteiger partial charge in [-0.3, -0.25) is 9.59 Å². The molecular weight excluding hydrogens is 306 g/mol. The molecule has 94 valence electrons. The van der Waals surface area contributed by atoms with E-state index >= 15 is 0 Å². The highest BCUT2D eigenvalue weighted by molar-refractivity contribution is 9.10. The first kappa shape index (κ1) is 12.7. The molecule has 1 heterocycles. The van der Waals surface area contributed by atoms with Crippen molar-refractivity contribution in [1.29, 1.82) is 0 Å². The van der Waals surface area contributed by atoms with E-state index in [0.29, 0.717) is 4.47 Å². The minimum atomic E-state index is -1.13. The number of carbonyl (C=O) groups excluding carboxylic acids is 2. The number of hydrogen-bond donors (Lipinski definition) is 1. The van der Waals surface area contributed by atoms with Gasteiger partial charge in [0.2, 0.25) is 0 Å². The zero-order valence-corrected chi connectivity index (χ0v) is 10.6.